The monoisotopic (exact) mass is 365 g/mol. The van der Waals surface area contributed by atoms with Crippen LogP contribution in [0.1, 0.15) is 25.3 Å². The third kappa shape index (κ3) is 4.63. The molecule has 2 N–H and O–H groups in total. The molecule has 7 heteroatoms. The first-order valence-corrected chi connectivity index (χ1v) is 8.65. The number of anilines is 4. The summed E-state index contributed by atoms with van der Waals surface area (Å²) in [5.41, 5.74) is 2.91. The van der Waals surface area contributed by atoms with Crippen LogP contribution in [0.5, 0.6) is 11.5 Å². The number of hydrogen-bond donors (Lipinski definition) is 2. The fourth-order valence-electron chi connectivity index (χ4n) is 2.55. The topological polar surface area (TPSA) is 81.2 Å². The van der Waals surface area contributed by atoms with Gasteiger partial charge in [-0.3, -0.25) is 0 Å². The van der Waals surface area contributed by atoms with Gasteiger partial charge in [0.2, 0.25) is 5.95 Å². The van der Waals surface area contributed by atoms with E-state index in [-0.39, 0.29) is 0 Å². The first-order valence-electron chi connectivity index (χ1n) is 8.65. The number of hydrogen-bond acceptors (Lipinski definition) is 7. The maximum absolute atomic E-state index is 5.36. The van der Waals surface area contributed by atoms with Crippen molar-refractivity contribution in [2.45, 2.75) is 19.8 Å². The Labute approximate surface area is 158 Å². The van der Waals surface area contributed by atoms with Crippen LogP contribution in [0.25, 0.3) is 0 Å². The van der Waals surface area contributed by atoms with E-state index in [0.29, 0.717) is 34.9 Å². The molecule has 0 saturated carbocycles. The van der Waals surface area contributed by atoms with E-state index in [4.69, 9.17) is 9.47 Å². The Kier molecular flexibility index (Phi) is 5.71. The molecule has 0 saturated heterocycles. The maximum atomic E-state index is 5.36. The second-order valence-corrected chi connectivity index (χ2v) is 6.26. The SMILES string of the molecule is COc1ccc(OC)c(Nc2nncc(Nc3ccc(C(C)C)cc3)n2)c1. The van der Waals surface area contributed by atoms with Crippen LogP contribution < -0.4 is 20.1 Å². The van der Waals surface area contributed by atoms with Gasteiger partial charge < -0.3 is 20.1 Å². The van der Waals surface area contributed by atoms with Crippen LogP contribution in [-0.4, -0.2) is 29.4 Å². The van der Waals surface area contributed by atoms with Crippen molar-refractivity contribution < 1.29 is 9.47 Å². The quantitative estimate of drug-likeness (QED) is 0.638. The molecule has 1 aromatic heterocycles. The molecule has 0 fully saturated rings. The molecule has 140 valence electrons. The third-order valence-electron chi connectivity index (χ3n) is 4.06. The highest BCUT2D eigenvalue weighted by molar-refractivity contribution is 5.65. The lowest BCUT2D eigenvalue weighted by molar-refractivity contribution is 0.405. The van der Waals surface area contributed by atoms with Gasteiger partial charge >= 0.3 is 0 Å². The van der Waals surface area contributed by atoms with Crippen LogP contribution in [0.15, 0.2) is 48.7 Å². The molecule has 0 radical (unpaired) electrons. The summed E-state index contributed by atoms with van der Waals surface area (Å²) in [5, 5.41) is 14.4. The van der Waals surface area contributed by atoms with E-state index in [1.54, 1.807) is 20.4 Å². The van der Waals surface area contributed by atoms with Gasteiger partial charge in [0.25, 0.3) is 0 Å². The van der Waals surface area contributed by atoms with Gasteiger partial charge in [-0.25, -0.2) is 0 Å². The number of benzene rings is 2. The average Bonchev–Trinajstić information content (AvgIpc) is 2.68. The molecular formula is C20H23N5O2. The highest BCUT2D eigenvalue weighted by Gasteiger charge is 2.08. The van der Waals surface area contributed by atoms with Crippen LogP contribution in [0.2, 0.25) is 0 Å². The minimum absolute atomic E-state index is 0.352. The Morgan fingerprint density at radius 1 is 0.926 bits per heavy atom. The highest BCUT2D eigenvalue weighted by atomic mass is 16.5. The summed E-state index contributed by atoms with van der Waals surface area (Å²) in [6.45, 7) is 4.34. The summed E-state index contributed by atoms with van der Waals surface area (Å²) >= 11 is 0. The average molecular weight is 365 g/mol. The van der Waals surface area contributed by atoms with E-state index in [1.165, 1.54) is 5.56 Å². The third-order valence-corrected chi connectivity index (χ3v) is 4.06. The van der Waals surface area contributed by atoms with Gasteiger partial charge in [-0.05, 0) is 35.7 Å². The first kappa shape index (κ1) is 18.4. The molecule has 0 spiro atoms. The number of nitrogens with zero attached hydrogens (tertiary/aromatic N) is 3. The predicted molar refractivity (Wildman–Crippen MR) is 106 cm³/mol. The predicted octanol–water partition coefficient (Wildman–Crippen LogP) is 4.50. The molecule has 3 rings (SSSR count). The van der Waals surface area contributed by atoms with Crippen molar-refractivity contribution in [3.8, 4) is 11.5 Å². The number of methoxy groups -OCH3 is 2. The minimum atomic E-state index is 0.352. The lowest BCUT2D eigenvalue weighted by Gasteiger charge is -2.12. The van der Waals surface area contributed by atoms with E-state index >= 15 is 0 Å². The van der Waals surface area contributed by atoms with E-state index in [1.807, 2.05) is 30.3 Å². The molecule has 1 heterocycles. The van der Waals surface area contributed by atoms with Gasteiger partial charge in [0, 0.05) is 11.8 Å². The molecule has 27 heavy (non-hydrogen) atoms. The summed E-state index contributed by atoms with van der Waals surface area (Å²) in [7, 11) is 3.21. The van der Waals surface area contributed by atoms with Crippen LogP contribution in [0.3, 0.4) is 0 Å². The molecule has 0 atom stereocenters. The summed E-state index contributed by atoms with van der Waals surface area (Å²) in [6.07, 6.45) is 1.57. The van der Waals surface area contributed by atoms with Crippen molar-refractivity contribution in [3.63, 3.8) is 0 Å². The summed E-state index contributed by atoms with van der Waals surface area (Å²) in [5.74, 6) is 2.79. The number of aromatic nitrogens is 3. The first-order chi connectivity index (χ1) is 13.1. The molecule has 7 nitrogen and oxygen atoms in total. The Balaban J connectivity index is 1.78. The second-order valence-electron chi connectivity index (χ2n) is 6.26. The minimum Gasteiger partial charge on any atom is -0.497 e. The maximum Gasteiger partial charge on any atom is 0.249 e. The van der Waals surface area contributed by atoms with Crippen LogP contribution >= 0.6 is 0 Å². The standard InChI is InChI=1S/C20H23N5O2/c1-13(2)14-5-7-15(8-6-14)22-19-12-21-25-20(24-19)23-17-11-16(26-3)9-10-18(17)27-4/h5-13H,1-4H3,(H2,22,23,24,25). The number of rotatable bonds is 7. The Hall–Kier alpha value is -3.35. The normalized spacial score (nSPS) is 10.6. The molecule has 2 aromatic carbocycles. The van der Waals surface area contributed by atoms with Gasteiger partial charge in [-0.1, -0.05) is 26.0 Å². The van der Waals surface area contributed by atoms with Gasteiger partial charge in [0.15, 0.2) is 5.82 Å². The largest absolute Gasteiger partial charge is 0.497 e. The molecule has 0 aliphatic rings. The van der Waals surface area contributed by atoms with E-state index in [0.717, 1.165) is 5.69 Å². The van der Waals surface area contributed by atoms with Crippen molar-refractivity contribution >= 4 is 23.1 Å². The van der Waals surface area contributed by atoms with Crippen molar-refractivity contribution in [3.05, 3.63) is 54.2 Å². The smallest absolute Gasteiger partial charge is 0.249 e. The molecule has 0 bridgehead atoms. The Bertz CT molecular complexity index is 897. The fourth-order valence-corrected chi connectivity index (χ4v) is 2.55. The zero-order valence-corrected chi connectivity index (χ0v) is 15.9. The van der Waals surface area contributed by atoms with Crippen molar-refractivity contribution in [2.24, 2.45) is 0 Å². The van der Waals surface area contributed by atoms with Gasteiger partial charge in [-0.15, -0.1) is 5.10 Å². The summed E-state index contributed by atoms with van der Waals surface area (Å²) in [4.78, 5) is 4.46. The fraction of sp³-hybridized carbons (Fsp3) is 0.250. The zero-order valence-electron chi connectivity index (χ0n) is 15.9. The van der Waals surface area contributed by atoms with Crippen molar-refractivity contribution in [1.29, 1.82) is 0 Å². The van der Waals surface area contributed by atoms with E-state index in [9.17, 15) is 0 Å². The van der Waals surface area contributed by atoms with Gasteiger partial charge in [0.05, 0.1) is 26.1 Å². The van der Waals surface area contributed by atoms with E-state index in [2.05, 4.69) is 51.8 Å². The number of ether oxygens (including phenoxy) is 2. The molecule has 0 aliphatic heterocycles. The van der Waals surface area contributed by atoms with Crippen LogP contribution in [-0.2, 0) is 0 Å². The second kappa shape index (κ2) is 8.35. The van der Waals surface area contributed by atoms with Crippen molar-refractivity contribution in [1.82, 2.24) is 15.2 Å². The molecular weight excluding hydrogens is 342 g/mol. The lowest BCUT2D eigenvalue weighted by atomic mass is 10.0. The highest BCUT2D eigenvalue weighted by Crippen LogP contribution is 2.30. The van der Waals surface area contributed by atoms with Gasteiger partial charge in [-0.2, -0.15) is 10.1 Å². The molecule has 0 amide bonds. The molecule has 0 unspecified atom stereocenters. The zero-order chi connectivity index (χ0) is 19.2. The summed E-state index contributed by atoms with van der Waals surface area (Å²) in [6, 6.07) is 13.7. The molecule has 0 aliphatic carbocycles. The van der Waals surface area contributed by atoms with E-state index < -0.39 is 0 Å². The van der Waals surface area contributed by atoms with Crippen LogP contribution in [0.4, 0.5) is 23.1 Å². The van der Waals surface area contributed by atoms with Crippen molar-refractivity contribution in [2.75, 3.05) is 24.9 Å². The molecule has 3 aromatic rings. The summed E-state index contributed by atoms with van der Waals surface area (Å²) < 4.78 is 10.6. The van der Waals surface area contributed by atoms with Crippen LogP contribution in [0, 0.1) is 0 Å². The number of nitrogens with one attached hydrogen (secondary N) is 2. The Morgan fingerprint density at radius 3 is 2.37 bits per heavy atom. The Morgan fingerprint density at radius 2 is 1.70 bits per heavy atom. The lowest BCUT2D eigenvalue weighted by Crippen LogP contribution is -2.03. The van der Waals surface area contributed by atoms with Gasteiger partial charge in [0.1, 0.15) is 11.5 Å².